The van der Waals surface area contributed by atoms with Gasteiger partial charge in [0.1, 0.15) is 11.6 Å². The Morgan fingerprint density at radius 3 is 1.84 bits per heavy atom. The molecule has 0 saturated heterocycles. The highest BCUT2D eigenvalue weighted by Crippen LogP contribution is 2.34. The number of carbonyl (C=O) groups is 2. The first-order chi connectivity index (χ1) is 23.8. The van der Waals surface area contributed by atoms with E-state index in [4.69, 9.17) is 11.6 Å². The van der Waals surface area contributed by atoms with E-state index < -0.39 is 17.5 Å². The normalized spacial score (nSPS) is 11.1. The van der Waals surface area contributed by atoms with Crippen LogP contribution in [0.1, 0.15) is 37.4 Å². The van der Waals surface area contributed by atoms with Gasteiger partial charge in [0.05, 0.1) is 27.5 Å². The molecule has 0 bridgehead atoms. The van der Waals surface area contributed by atoms with Crippen molar-refractivity contribution in [2.24, 2.45) is 0 Å². The first-order valence-electron chi connectivity index (χ1n) is 15.6. The van der Waals surface area contributed by atoms with Crippen molar-refractivity contribution in [2.75, 3.05) is 31.8 Å². The number of rotatable bonds is 8. The topological polar surface area (TPSA) is 90.5 Å². The summed E-state index contributed by atoms with van der Waals surface area (Å²) in [5.74, 6) is -2.76. The van der Waals surface area contributed by atoms with E-state index in [0.717, 1.165) is 17.2 Å². The summed E-state index contributed by atoms with van der Waals surface area (Å²) < 4.78 is 43.8. The lowest BCUT2D eigenvalue weighted by atomic mass is 10.0. The predicted octanol–water partition coefficient (Wildman–Crippen LogP) is 8.93. The molecule has 12 heteroatoms. The quantitative estimate of drug-likeness (QED) is 0.165. The van der Waals surface area contributed by atoms with Gasteiger partial charge in [-0.3, -0.25) is 9.59 Å². The number of fused-ring (bicyclic) bond motifs is 2. The zero-order valence-electron chi connectivity index (χ0n) is 27.8. The smallest absolute Gasteiger partial charge is 0.256 e. The van der Waals surface area contributed by atoms with Gasteiger partial charge in [-0.1, -0.05) is 54.1 Å². The van der Waals surface area contributed by atoms with E-state index in [9.17, 15) is 18.4 Å². The Morgan fingerprint density at radius 1 is 0.720 bits per heavy atom. The fourth-order valence-electron chi connectivity index (χ4n) is 5.97. The van der Waals surface area contributed by atoms with E-state index in [1.54, 1.807) is 45.4 Å². The van der Waals surface area contributed by atoms with Crippen molar-refractivity contribution in [2.45, 2.75) is 20.4 Å². The maximum Gasteiger partial charge on any atom is 0.256 e. The molecule has 0 aliphatic carbocycles. The summed E-state index contributed by atoms with van der Waals surface area (Å²) in [6, 6.07) is 17.7. The van der Waals surface area contributed by atoms with Gasteiger partial charge in [-0.15, -0.1) is 0 Å². The second kappa shape index (κ2) is 13.7. The zero-order chi connectivity index (χ0) is 35.9. The molecule has 6 aromatic rings. The van der Waals surface area contributed by atoms with Gasteiger partial charge in [-0.25, -0.2) is 23.1 Å². The van der Waals surface area contributed by atoms with Crippen molar-refractivity contribution in [3.8, 4) is 0 Å². The lowest BCUT2D eigenvalue weighted by Gasteiger charge is -2.21. The van der Waals surface area contributed by atoms with Crippen molar-refractivity contribution in [3.05, 3.63) is 129 Å². The monoisotopic (exact) mass is 696 g/mol. The maximum absolute atomic E-state index is 15.5. The van der Waals surface area contributed by atoms with Gasteiger partial charge in [0.2, 0.25) is 0 Å². The fraction of sp³-hybridized carbons (Fsp3) is 0.158. The van der Waals surface area contributed by atoms with Gasteiger partial charge in [-0.2, -0.15) is 0 Å². The van der Waals surface area contributed by atoms with Crippen LogP contribution in [0.4, 0.5) is 36.2 Å². The number of aryl methyl sites for hydroxylation is 2. The molecule has 0 aliphatic rings. The highest BCUT2D eigenvalue weighted by molar-refractivity contribution is 6.31. The summed E-state index contributed by atoms with van der Waals surface area (Å²) in [6.45, 7) is 3.78. The predicted molar refractivity (Wildman–Crippen MR) is 191 cm³/mol. The molecular weight excluding hydrogens is 665 g/mol. The number of carbonyl (C=O) groups excluding carboxylic acids is 2. The third-order valence-electron chi connectivity index (χ3n) is 8.42. The molecule has 2 N–H and O–H groups in total. The number of halogens is 4. The van der Waals surface area contributed by atoms with Crippen LogP contribution < -0.4 is 10.6 Å². The van der Waals surface area contributed by atoms with Gasteiger partial charge in [-0.05, 0) is 54.8 Å². The molecule has 4 aromatic carbocycles. The number of nitrogens with zero attached hydrogens (tertiary/aromatic N) is 4. The van der Waals surface area contributed by atoms with Gasteiger partial charge >= 0.3 is 0 Å². The molecule has 2 amide bonds. The number of aromatic nitrogens is 2. The second-order valence-corrected chi connectivity index (χ2v) is 12.6. The van der Waals surface area contributed by atoms with Crippen LogP contribution >= 0.6 is 11.6 Å². The molecule has 0 unspecified atom stereocenters. The number of pyridine rings is 2. The Bertz CT molecular complexity index is 2330. The number of hydrogen-bond donors (Lipinski definition) is 2. The van der Waals surface area contributed by atoms with Gasteiger partial charge in [0.15, 0.2) is 17.5 Å². The summed E-state index contributed by atoms with van der Waals surface area (Å²) >= 11 is 6.36. The van der Waals surface area contributed by atoms with E-state index >= 15 is 4.39 Å². The minimum atomic E-state index is -1.04. The first kappa shape index (κ1) is 34.2. The molecule has 8 nitrogen and oxygen atoms in total. The van der Waals surface area contributed by atoms with E-state index in [1.807, 2.05) is 32.0 Å². The third kappa shape index (κ3) is 6.39. The van der Waals surface area contributed by atoms with Crippen LogP contribution in [-0.2, 0) is 6.54 Å². The Balaban J connectivity index is 1.31. The number of benzene rings is 4. The Kier molecular flexibility index (Phi) is 9.35. The number of nitrogens with one attached hydrogen (secondary N) is 2. The molecule has 0 spiro atoms. The Labute approximate surface area is 291 Å². The molecule has 2 aromatic heterocycles. The third-order valence-corrected chi connectivity index (χ3v) is 8.69. The summed E-state index contributed by atoms with van der Waals surface area (Å²) in [7, 11) is 4.92. The molecule has 2 heterocycles. The highest BCUT2D eigenvalue weighted by Gasteiger charge is 2.22. The first-order valence-corrected chi connectivity index (χ1v) is 15.9. The van der Waals surface area contributed by atoms with E-state index in [-0.39, 0.29) is 46.1 Å². The van der Waals surface area contributed by atoms with Crippen molar-refractivity contribution in [1.29, 1.82) is 0 Å². The molecule has 0 radical (unpaired) electrons. The molecule has 0 aliphatic heterocycles. The molecule has 50 heavy (non-hydrogen) atoms. The Hall–Kier alpha value is -5.68. The largest absolute Gasteiger partial charge is 0.345 e. The summed E-state index contributed by atoms with van der Waals surface area (Å²) in [5, 5.41) is 8.18. The summed E-state index contributed by atoms with van der Waals surface area (Å²) in [4.78, 5) is 38.6. The maximum atomic E-state index is 15.5. The van der Waals surface area contributed by atoms with Crippen LogP contribution in [0.3, 0.4) is 0 Å². The summed E-state index contributed by atoms with van der Waals surface area (Å²) in [6.07, 6.45) is 2.85. The minimum Gasteiger partial charge on any atom is -0.345 e. The van der Waals surface area contributed by atoms with Gasteiger partial charge in [0.25, 0.3) is 11.8 Å². The minimum absolute atomic E-state index is 0.0401. The highest BCUT2D eigenvalue weighted by atomic mass is 35.5. The number of anilines is 4. The van der Waals surface area contributed by atoms with Crippen LogP contribution in [0.2, 0.25) is 5.02 Å². The van der Waals surface area contributed by atoms with Crippen LogP contribution in [-0.4, -0.2) is 52.7 Å². The van der Waals surface area contributed by atoms with Crippen LogP contribution in [0, 0.1) is 31.3 Å². The average molecular weight is 697 g/mol. The Morgan fingerprint density at radius 2 is 1.26 bits per heavy atom. The van der Waals surface area contributed by atoms with Crippen molar-refractivity contribution in [1.82, 2.24) is 19.8 Å². The lowest BCUT2D eigenvalue weighted by molar-refractivity contribution is 0.0785. The molecule has 0 saturated carbocycles. The molecule has 6 rings (SSSR count). The number of amides is 2. The molecule has 0 fully saturated rings. The summed E-state index contributed by atoms with van der Waals surface area (Å²) in [5.41, 5.74) is 2.81. The van der Waals surface area contributed by atoms with Crippen molar-refractivity contribution in [3.63, 3.8) is 0 Å². The fourth-order valence-corrected chi connectivity index (χ4v) is 6.21. The van der Waals surface area contributed by atoms with Crippen LogP contribution in [0.25, 0.3) is 21.5 Å². The van der Waals surface area contributed by atoms with Crippen molar-refractivity contribution < 1.29 is 22.8 Å². The SMILES string of the molecule is Cc1cccc2c(Nc3cc(CN(C)C(=O)c4cnc(Nc5cccc(F)c5F)c5cccc(C)c45)cc(Cl)c3F)ncc(C(=O)N(C)C)c12. The number of hydrogen-bond acceptors (Lipinski definition) is 6. The van der Waals surface area contributed by atoms with E-state index in [0.29, 0.717) is 38.5 Å². The standard InChI is InChI=1S/C38H32ClF3N6O2/c1-20-9-6-11-23-31(20)25(37(49)47(3)4)17-43-36(23)46-30-16-22(15-27(39)33(30)41)19-48(5)38(50)26-18-44-35(24-12-7-10-21(2)32(24)26)45-29-14-8-13-28(40)34(29)42/h6-18H,19H2,1-5H3,(H,43,46)(H,44,45). The van der Waals surface area contributed by atoms with Crippen molar-refractivity contribution >= 4 is 68.0 Å². The lowest BCUT2D eigenvalue weighted by Crippen LogP contribution is -2.27. The second-order valence-electron chi connectivity index (χ2n) is 12.2. The molecule has 0 atom stereocenters. The molecular formula is C38H32ClF3N6O2. The van der Waals surface area contributed by atoms with Crippen LogP contribution in [0.5, 0.6) is 0 Å². The van der Waals surface area contributed by atoms with E-state index in [1.165, 1.54) is 40.4 Å². The van der Waals surface area contributed by atoms with Gasteiger partial charge in [0, 0.05) is 61.6 Å². The molecule has 254 valence electrons. The van der Waals surface area contributed by atoms with E-state index in [2.05, 4.69) is 20.6 Å². The average Bonchev–Trinajstić information content (AvgIpc) is 3.09. The zero-order valence-corrected chi connectivity index (χ0v) is 28.6. The van der Waals surface area contributed by atoms with Gasteiger partial charge < -0.3 is 20.4 Å². The van der Waals surface area contributed by atoms with Crippen LogP contribution in [0.15, 0.2) is 79.1 Å².